The standard InChI is InChI=1S/C13H19NO4S2/c1-10-5-4-6-11(2)13(10)20(16,17)14-19(3,15)12-7-8-18-9-12/h4-6,12H,7-9H2,1-3H3. The summed E-state index contributed by atoms with van der Waals surface area (Å²) in [5, 5.41) is -0.318. The fraction of sp³-hybridized carbons (Fsp3) is 0.538. The van der Waals surface area contributed by atoms with Crippen LogP contribution in [-0.4, -0.2) is 37.3 Å². The van der Waals surface area contributed by atoms with Crippen LogP contribution in [0.25, 0.3) is 0 Å². The van der Waals surface area contributed by atoms with E-state index in [1.54, 1.807) is 32.0 Å². The van der Waals surface area contributed by atoms with Gasteiger partial charge in [0.25, 0.3) is 10.0 Å². The van der Waals surface area contributed by atoms with Crippen LogP contribution in [0, 0.1) is 13.8 Å². The summed E-state index contributed by atoms with van der Waals surface area (Å²) in [6.07, 6.45) is 1.98. The molecule has 2 rings (SSSR count). The van der Waals surface area contributed by atoms with Crippen molar-refractivity contribution in [1.29, 1.82) is 0 Å². The Morgan fingerprint density at radius 2 is 1.80 bits per heavy atom. The van der Waals surface area contributed by atoms with Crippen LogP contribution in [0.5, 0.6) is 0 Å². The minimum Gasteiger partial charge on any atom is -0.380 e. The maximum Gasteiger partial charge on any atom is 0.290 e. The molecule has 1 aromatic carbocycles. The van der Waals surface area contributed by atoms with Crippen molar-refractivity contribution in [3.63, 3.8) is 0 Å². The van der Waals surface area contributed by atoms with Gasteiger partial charge in [-0.15, -0.1) is 3.77 Å². The molecule has 0 amide bonds. The highest BCUT2D eigenvalue weighted by Crippen LogP contribution is 2.24. The predicted molar refractivity (Wildman–Crippen MR) is 78.8 cm³/mol. The molecule has 112 valence electrons. The SMILES string of the molecule is Cc1cccc(C)c1S(=O)(=O)N=S(C)(=O)C1CCOC1. The maximum atomic E-state index is 12.6. The van der Waals surface area contributed by atoms with Crippen LogP contribution in [0.1, 0.15) is 17.5 Å². The Balaban J connectivity index is 2.54. The Hall–Kier alpha value is -0.920. The number of hydrogen-bond acceptors (Lipinski definition) is 4. The second-order valence-electron chi connectivity index (χ2n) is 5.12. The molecule has 1 aliphatic heterocycles. The van der Waals surface area contributed by atoms with Crippen LogP contribution in [0.3, 0.4) is 0 Å². The topological polar surface area (TPSA) is 72.8 Å². The number of rotatable bonds is 3. The molecule has 1 saturated heterocycles. The second kappa shape index (κ2) is 5.46. The number of ether oxygens (including phenoxy) is 1. The van der Waals surface area contributed by atoms with Gasteiger partial charge >= 0.3 is 0 Å². The van der Waals surface area contributed by atoms with Crippen molar-refractivity contribution >= 4 is 19.8 Å². The van der Waals surface area contributed by atoms with E-state index in [1.165, 1.54) is 6.26 Å². The summed E-state index contributed by atoms with van der Waals surface area (Å²) in [6, 6.07) is 5.22. The molecule has 0 aromatic heterocycles. The van der Waals surface area contributed by atoms with E-state index in [0.29, 0.717) is 30.8 Å². The lowest BCUT2D eigenvalue weighted by Gasteiger charge is -2.12. The predicted octanol–water partition coefficient (Wildman–Crippen LogP) is 1.88. The van der Waals surface area contributed by atoms with E-state index in [-0.39, 0.29) is 10.1 Å². The van der Waals surface area contributed by atoms with Crippen molar-refractivity contribution in [2.45, 2.75) is 30.4 Å². The average molecular weight is 317 g/mol. The third-order valence-corrected chi connectivity index (χ3v) is 8.16. The minimum atomic E-state index is -3.92. The smallest absolute Gasteiger partial charge is 0.290 e. The van der Waals surface area contributed by atoms with Gasteiger partial charge in [0.2, 0.25) is 0 Å². The van der Waals surface area contributed by atoms with Gasteiger partial charge in [-0.05, 0) is 31.4 Å². The van der Waals surface area contributed by atoms with Crippen molar-refractivity contribution in [2.75, 3.05) is 19.5 Å². The molecule has 1 aromatic rings. The fourth-order valence-corrected chi connectivity index (χ4v) is 6.53. The maximum absolute atomic E-state index is 12.6. The minimum absolute atomic E-state index is 0.161. The summed E-state index contributed by atoms with van der Waals surface area (Å²) in [5.41, 5.74) is 1.23. The molecule has 2 atom stereocenters. The fourth-order valence-electron chi connectivity index (χ4n) is 2.36. The molecule has 0 radical (unpaired) electrons. The van der Waals surface area contributed by atoms with E-state index in [4.69, 9.17) is 4.74 Å². The van der Waals surface area contributed by atoms with Crippen LogP contribution in [-0.2, 0) is 24.5 Å². The molecule has 1 aliphatic rings. The number of aryl methyl sites for hydroxylation is 2. The molecule has 0 saturated carbocycles. The number of hydrogen-bond donors (Lipinski definition) is 0. The van der Waals surface area contributed by atoms with Gasteiger partial charge in [-0.2, -0.15) is 8.42 Å². The van der Waals surface area contributed by atoms with Gasteiger partial charge < -0.3 is 4.74 Å². The third kappa shape index (κ3) is 3.05. The molecule has 0 N–H and O–H groups in total. The van der Waals surface area contributed by atoms with Gasteiger partial charge in [0.1, 0.15) is 0 Å². The first-order valence-electron chi connectivity index (χ1n) is 6.35. The number of benzene rings is 1. The largest absolute Gasteiger partial charge is 0.380 e. The van der Waals surface area contributed by atoms with E-state index >= 15 is 0 Å². The second-order valence-corrected chi connectivity index (χ2v) is 9.46. The molecule has 1 fully saturated rings. The van der Waals surface area contributed by atoms with Crippen molar-refractivity contribution in [3.8, 4) is 0 Å². The Bertz CT molecular complexity index is 704. The normalized spacial score (nSPS) is 22.4. The lowest BCUT2D eigenvalue weighted by molar-refractivity contribution is 0.198. The van der Waals surface area contributed by atoms with Gasteiger partial charge in [0.15, 0.2) is 0 Å². The molecule has 0 bridgehead atoms. The van der Waals surface area contributed by atoms with Crippen LogP contribution in [0.4, 0.5) is 0 Å². The van der Waals surface area contributed by atoms with Crippen LogP contribution >= 0.6 is 0 Å². The quantitative estimate of drug-likeness (QED) is 0.853. The van der Waals surface area contributed by atoms with Gasteiger partial charge in [0.05, 0.1) is 26.5 Å². The zero-order valence-corrected chi connectivity index (χ0v) is 13.5. The Morgan fingerprint density at radius 1 is 1.20 bits per heavy atom. The van der Waals surface area contributed by atoms with Gasteiger partial charge in [-0.1, -0.05) is 18.2 Å². The molecular formula is C13H19NO4S2. The van der Waals surface area contributed by atoms with Gasteiger partial charge in [-0.25, -0.2) is 4.21 Å². The molecule has 20 heavy (non-hydrogen) atoms. The van der Waals surface area contributed by atoms with Gasteiger partial charge in [-0.3, -0.25) is 0 Å². The molecule has 2 unspecified atom stereocenters. The Labute approximate surface area is 120 Å². The van der Waals surface area contributed by atoms with E-state index in [0.717, 1.165) is 0 Å². The highest BCUT2D eigenvalue weighted by molar-refractivity contribution is 8.03. The first-order chi connectivity index (χ1) is 9.24. The summed E-state index contributed by atoms with van der Waals surface area (Å²) in [5.74, 6) is 0. The lowest BCUT2D eigenvalue weighted by atomic mass is 10.2. The lowest BCUT2D eigenvalue weighted by Crippen LogP contribution is -2.21. The van der Waals surface area contributed by atoms with Crippen molar-refractivity contribution in [2.24, 2.45) is 3.77 Å². The zero-order chi connectivity index (χ0) is 15.0. The third-order valence-electron chi connectivity index (χ3n) is 3.42. The molecular weight excluding hydrogens is 298 g/mol. The number of sulfonamides is 1. The Kier molecular flexibility index (Phi) is 4.22. The molecule has 5 nitrogen and oxygen atoms in total. The van der Waals surface area contributed by atoms with Crippen molar-refractivity contribution < 1.29 is 17.4 Å². The average Bonchev–Trinajstić information content (AvgIpc) is 2.80. The highest BCUT2D eigenvalue weighted by Gasteiger charge is 2.28. The molecule has 7 heteroatoms. The summed E-state index contributed by atoms with van der Waals surface area (Å²) in [7, 11) is -6.76. The van der Waals surface area contributed by atoms with E-state index in [9.17, 15) is 12.6 Å². The molecule has 0 spiro atoms. The van der Waals surface area contributed by atoms with E-state index in [2.05, 4.69) is 3.77 Å². The zero-order valence-electron chi connectivity index (χ0n) is 11.8. The van der Waals surface area contributed by atoms with E-state index < -0.39 is 19.8 Å². The summed E-state index contributed by atoms with van der Waals surface area (Å²) in [6.45, 7) is 4.24. The Morgan fingerprint density at radius 3 is 2.30 bits per heavy atom. The molecule has 0 aliphatic carbocycles. The van der Waals surface area contributed by atoms with Crippen LogP contribution in [0.15, 0.2) is 26.9 Å². The van der Waals surface area contributed by atoms with Crippen LogP contribution in [0.2, 0.25) is 0 Å². The monoisotopic (exact) mass is 317 g/mol. The summed E-state index contributed by atoms with van der Waals surface area (Å²) in [4.78, 5) is 0.161. The van der Waals surface area contributed by atoms with Crippen molar-refractivity contribution in [3.05, 3.63) is 29.3 Å². The highest BCUT2D eigenvalue weighted by atomic mass is 32.3. The van der Waals surface area contributed by atoms with Gasteiger partial charge in [0, 0.05) is 12.9 Å². The summed E-state index contributed by atoms with van der Waals surface area (Å²) >= 11 is 0. The van der Waals surface area contributed by atoms with Crippen molar-refractivity contribution in [1.82, 2.24) is 0 Å². The van der Waals surface area contributed by atoms with Crippen LogP contribution < -0.4 is 0 Å². The first-order valence-corrected chi connectivity index (χ1v) is 9.78. The number of nitrogens with zero attached hydrogens (tertiary/aromatic N) is 1. The van der Waals surface area contributed by atoms with E-state index in [1.807, 2.05) is 0 Å². The molecule has 1 heterocycles. The first kappa shape index (κ1) is 15.5. The summed E-state index contributed by atoms with van der Waals surface area (Å²) < 4.78 is 46.4.